The van der Waals surface area contributed by atoms with Gasteiger partial charge in [-0.2, -0.15) is 15.5 Å². The predicted molar refractivity (Wildman–Crippen MR) is 89.7 cm³/mol. The van der Waals surface area contributed by atoms with Gasteiger partial charge in [0.15, 0.2) is 5.82 Å². The molecule has 4 rings (SSSR count). The number of hydrogen-bond donors (Lipinski definition) is 0. The number of anilines is 1. The number of rotatable bonds is 3. The van der Waals surface area contributed by atoms with Gasteiger partial charge in [0.2, 0.25) is 5.89 Å². The molecule has 0 unspecified atom stereocenters. The predicted octanol–water partition coefficient (Wildman–Crippen LogP) is 2.18. The van der Waals surface area contributed by atoms with E-state index in [0.717, 1.165) is 31.8 Å². The Bertz CT molecular complexity index is 840. The van der Waals surface area contributed by atoms with E-state index >= 15 is 0 Å². The van der Waals surface area contributed by atoms with E-state index in [1.807, 2.05) is 7.05 Å². The second-order valence-corrected chi connectivity index (χ2v) is 6.63. The standard InChI is InChI=1S/C18H18N6O/c1-23-7-8-24(16-13(9-19)3-2-4-14(16)10-20)11-15(23)18-21-17(22-25-18)12-5-6-12/h2-4,12,15H,5-8,11H2,1H3/t15-/m0/s1. The molecule has 7 nitrogen and oxygen atoms in total. The third-order valence-electron chi connectivity index (χ3n) is 4.93. The van der Waals surface area contributed by atoms with Crippen LogP contribution >= 0.6 is 0 Å². The molecule has 1 saturated carbocycles. The number of piperazine rings is 1. The summed E-state index contributed by atoms with van der Waals surface area (Å²) in [6.45, 7) is 2.14. The lowest BCUT2D eigenvalue weighted by atomic mass is 10.0. The zero-order chi connectivity index (χ0) is 17.4. The van der Waals surface area contributed by atoms with Gasteiger partial charge < -0.3 is 9.42 Å². The summed E-state index contributed by atoms with van der Waals surface area (Å²) in [5.41, 5.74) is 1.74. The summed E-state index contributed by atoms with van der Waals surface area (Å²) in [7, 11) is 2.03. The van der Waals surface area contributed by atoms with Gasteiger partial charge in [0.1, 0.15) is 18.2 Å². The van der Waals surface area contributed by atoms with E-state index in [1.165, 1.54) is 0 Å². The van der Waals surface area contributed by atoms with Crippen molar-refractivity contribution in [2.45, 2.75) is 24.8 Å². The summed E-state index contributed by atoms with van der Waals surface area (Å²) in [4.78, 5) is 8.85. The molecule has 7 heteroatoms. The van der Waals surface area contributed by atoms with Crippen LogP contribution in [0.25, 0.3) is 0 Å². The molecule has 0 bridgehead atoms. The number of hydrogen-bond acceptors (Lipinski definition) is 7. The number of para-hydroxylation sites is 1. The van der Waals surface area contributed by atoms with Crippen LogP contribution in [-0.2, 0) is 0 Å². The van der Waals surface area contributed by atoms with Crippen LogP contribution in [0, 0.1) is 22.7 Å². The van der Waals surface area contributed by atoms with Gasteiger partial charge >= 0.3 is 0 Å². The van der Waals surface area contributed by atoms with Gasteiger partial charge in [0, 0.05) is 25.6 Å². The fourth-order valence-corrected chi connectivity index (χ4v) is 3.30. The summed E-state index contributed by atoms with van der Waals surface area (Å²) in [5.74, 6) is 1.87. The quantitative estimate of drug-likeness (QED) is 0.849. The fourth-order valence-electron chi connectivity index (χ4n) is 3.30. The first-order chi connectivity index (χ1) is 12.2. The van der Waals surface area contributed by atoms with Crippen LogP contribution in [-0.4, -0.2) is 41.7 Å². The monoisotopic (exact) mass is 334 g/mol. The molecule has 1 aliphatic heterocycles. The first-order valence-electron chi connectivity index (χ1n) is 8.43. The van der Waals surface area contributed by atoms with E-state index in [9.17, 15) is 10.5 Å². The Labute approximate surface area is 146 Å². The SMILES string of the molecule is CN1CCN(c2c(C#N)cccc2C#N)C[C@H]1c1nc(C2CC2)no1. The average molecular weight is 334 g/mol. The third kappa shape index (κ3) is 2.84. The van der Waals surface area contributed by atoms with E-state index in [-0.39, 0.29) is 6.04 Å². The molecule has 1 saturated heterocycles. The topological polar surface area (TPSA) is 93.0 Å². The molecular formula is C18H18N6O. The molecule has 1 aromatic heterocycles. The van der Waals surface area contributed by atoms with Crippen LogP contribution in [0.5, 0.6) is 0 Å². The molecule has 1 aromatic carbocycles. The van der Waals surface area contributed by atoms with Crippen molar-refractivity contribution in [2.75, 3.05) is 31.6 Å². The molecule has 0 N–H and O–H groups in total. The zero-order valence-electron chi connectivity index (χ0n) is 14.0. The first-order valence-corrected chi connectivity index (χ1v) is 8.43. The summed E-state index contributed by atoms with van der Waals surface area (Å²) < 4.78 is 5.51. The van der Waals surface area contributed by atoms with Gasteiger partial charge in [-0.1, -0.05) is 11.2 Å². The summed E-state index contributed by atoms with van der Waals surface area (Å²) in [6.07, 6.45) is 2.26. The lowest BCUT2D eigenvalue weighted by Gasteiger charge is -2.39. The smallest absolute Gasteiger partial charge is 0.245 e. The van der Waals surface area contributed by atoms with Crippen molar-refractivity contribution in [1.82, 2.24) is 15.0 Å². The summed E-state index contributed by atoms with van der Waals surface area (Å²) in [6, 6.07) is 9.60. The Hall–Kier alpha value is -2.90. The molecule has 2 aliphatic rings. The van der Waals surface area contributed by atoms with Crippen molar-refractivity contribution in [2.24, 2.45) is 0 Å². The molecular weight excluding hydrogens is 316 g/mol. The second kappa shape index (κ2) is 6.19. The van der Waals surface area contributed by atoms with Crippen LogP contribution in [0.3, 0.4) is 0 Å². The highest BCUT2D eigenvalue weighted by atomic mass is 16.5. The Kier molecular flexibility index (Phi) is 3.87. The Morgan fingerprint density at radius 3 is 2.52 bits per heavy atom. The third-order valence-corrected chi connectivity index (χ3v) is 4.93. The lowest BCUT2D eigenvalue weighted by Crippen LogP contribution is -2.47. The number of likely N-dealkylation sites (N-methyl/N-ethyl adjacent to an activating group) is 1. The van der Waals surface area contributed by atoms with Gasteiger partial charge in [-0.25, -0.2) is 0 Å². The largest absolute Gasteiger partial charge is 0.366 e. The molecule has 1 aliphatic carbocycles. The molecule has 2 fully saturated rings. The Morgan fingerprint density at radius 1 is 1.16 bits per heavy atom. The molecule has 25 heavy (non-hydrogen) atoms. The van der Waals surface area contributed by atoms with Crippen LogP contribution < -0.4 is 4.90 Å². The zero-order valence-corrected chi connectivity index (χ0v) is 14.0. The van der Waals surface area contributed by atoms with Gasteiger partial charge in [-0.3, -0.25) is 4.90 Å². The van der Waals surface area contributed by atoms with Gasteiger partial charge in [-0.05, 0) is 32.0 Å². The van der Waals surface area contributed by atoms with Gasteiger partial charge in [0.25, 0.3) is 0 Å². The highest BCUT2D eigenvalue weighted by Gasteiger charge is 2.34. The van der Waals surface area contributed by atoms with E-state index in [4.69, 9.17) is 4.52 Å². The van der Waals surface area contributed by atoms with E-state index < -0.39 is 0 Å². The fraction of sp³-hybridized carbons (Fsp3) is 0.444. The van der Waals surface area contributed by atoms with Crippen molar-refractivity contribution in [3.05, 3.63) is 41.0 Å². The van der Waals surface area contributed by atoms with Crippen LogP contribution in [0.15, 0.2) is 22.7 Å². The lowest BCUT2D eigenvalue weighted by molar-refractivity contribution is 0.177. The van der Waals surface area contributed by atoms with Crippen LogP contribution in [0.4, 0.5) is 5.69 Å². The first kappa shape index (κ1) is 15.6. The van der Waals surface area contributed by atoms with E-state index in [1.54, 1.807) is 18.2 Å². The molecule has 0 spiro atoms. The molecule has 0 amide bonds. The minimum atomic E-state index is -0.0490. The summed E-state index contributed by atoms with van der Waals surface area (Å²) >= 11 is 0. The van der Waals surface area contributed by atoms with Crippen molar-refractivity contribution in [1.29, 1.82) is 10.5 Å². The van der Waals surface area contributed by atoms with Crippen molar-refractivity contribution >= 4 is 5.69 Å². The summed E-state index contributed by atoms with van der Waals surface area (Å²) in [5, 5.41) is 23.0. The Balaban J connectivity index is 1.65. The maximum atomic E-state index is 9.44. The van der Waals surface area contributed by atoms with Crippen LogP contribution in [0.2, 0.25) is 0 Å². The highest BCUT2D eigenvalue weighted by molar-refractivity contribution is 5.68. The number of benzene rings is 1. The number of nitriles is 2. The van der Waals surface area contributed by atoms with E-state index in [0.29, 0.717) is 35.2 Å². The van der Waals surface area contributed by atoms with Crippen molar-refractivity contribution in [3.63, 3.8) is 0 Å². The maximum Gasteiger partial charge on any atom is 0.245 e. The van der Waals surface area contributed by atoms with Gasteiger partial charge in [0.05, 0.1) is 16.8 Å². The second-order valence-electron chi connectivity index (χ2n) is 6.63. The maximum absolute atomic E-state index is 9.44. The van der Waals surface area contributed by atoms with Gasteiger partial charge in [-0.15, -0.1) is 0 Å². The minimum Gasteiger partial charge on any atom is -0.366 e. The van der Waals surface area contributed by atoms with Crippen LogP contribution in [0.1, 0.15) is 47.6 Å². The normalized spacial score (nSPS) is 20.9. The average Bonchev–Trinajstić information content (AvgIpc) is 3.39. The van der Waals surface area contributed by atoms with E-state index in [2.05, 4.69) is 32.1 Å². The number of aromatic nitrogens is 2. The van der Waals surface area contributed by atoms with Crippen molar-refractivity contribution in [3.8, 4) is 12.1 Å². The van der Waals surface area contributed by atoms with Crippen molar-refractivity contribution < 1.29 is 4.52 Å². The highest BCUT2D eigenvalue weighted by Crippen LogP contribution is 2.39. The molecule has 126 valence electrons. The molecule has 2 heterocycles. The molecule has 1 atom stereocenters. The Morgan fingerprint density at radius 2 is 1.88 bits per heavy atom. The number of nitrogens with zero attached hydrogens (tertiary/aromatic N) is 6. The molecule has 2 aromatic rings. The molecule has 0 radical (unpaired) electrons. The minimum absolute atomic E-state index is 0.0490.